The van der Waals surface area contributed by atoms with Gasteiger partial charge in [0.2, 0.25) is 0 Å². The molecule has 0 spiro atoms. The first-order valence-corrected chi connectivity index (χ1v) is 10.4. The van der Waals surface area contributed by atoms with Gasteiger partial charge in [-0.05, 0) is 37.9 Å². The summed E-state index contributed by atoms with van der Waals surface area (Å²) >= 11 is 0. The topological polar surface area (TPSA) is 108 Å². The third-order valence-corrected chi connectivity index (χ3v) is 5.37. The molecule has 1 atom stereocenters. The molecular weight excluding hydrogens is 366 g/mol. The van der Waals surface area contributed by atoms with Crippen LogP contribution in [-0.4, -0.2) is 59.0 Å². The normalized spacial score (nSPS) is 21.5. The SMILES string of the molecule is CCCNC1(C)N=C(N)c2ncc(Cc3cnc(N4CCNCC4)c(C)c3)n2N1. The molecule has 4 heterocycles. The van der Waals surface area contributed by atoms with Crippen LogP contribution in [0.4, 0.5) is 5.82 Å². The number of amidine groups is 1. The van der Waals surface area contributed by atoms with E-state index >= 15 is 0 Å². The second-order valence-electron chi connectivity index (χ2n) is 7.91. The van der Waals surface area contributed by atoms with Crippen LogP contribution in [0.25, 0.3) is 0 Å². The van der Waals surface area contributed by atoms with Crippen LogP contribution in [0.2, 0.25) is 0 Å². The van der Waals surface area contributed by atoms with E-state index in [0.717, 1.165) is 56.2 Å². The van der Waals surface area contributed by atoms with Crippen molar-refractivity contribution in [3.05, 3.63) is 41.1 Å². The minimum Gasteiger partial charge on any atom is -0.381 e. The van der Waals surface area contributed by atoms with Crippen LogP contribution < -0.4 is 26.7 Å². The zero-order chi connectivity index (χ0) is 20.4. The predicted octanol–water partition coefficient (Wildman–Crippen LogP) is 0.523. The predicted molar refractivity (Wildman–Crippen MR) is 116 cm³/mol. The van der Waals surface area contributed by atoms with Crippen molar-refractivity contribution < 1.29 is 0 Å². The number of aryl methyl sites for hydroxylation is 1. The molecule has 0 saturated carbocycles. The summed E-state index contributed by atoms with van der Waals surface area (Å²) in [6, 6.07) is 2.22. The molecule has 5 N–H and O–H groups in total. The van der Waals surface area contributed by atoms with E-state index in [0.29, 0.717) is 18.1 Å². The van der Waals surface area contributed by atoms with E-state index in [9.17, 15) is 0 Å². The summed E-state index contributed by atoms with van der Waals surface area (Å²) in [5.41, 5.74) is 13.0. The monoisotopic (exact) mass is 397 g/mol. The third-order valence-electron chi connectivity index (χ3n) is 5.37. The molecule has 2 aromatic heterocycles. The summed E-state index contributed by atoms with van der Waals surface area (Å²) in [7, 11) is 0. The molecule has 0 bridgehead atoms. The van der Waals surface area contributed by atoms with Gasteiger partial charge >= 0.3 is 0 Å². The van der Waals surface area contributed by atoms with E-state index in [4.69, 9.17) is 10.7 Å². The van der Waals surface area contributed by atoms with Gasteiger partial charge in [-0.3, -0.25) is 10.7 Å². The van der Waals surface area contributed by atoms with Crippen LogP contribution in [0.3, 0.4) is 0 Å². The fraction of sp³-hybridized carbons (Fsp3) is 0.550. The molecule has 2 aliphatic rings. The molecule has 0 aliphatic carbocycles. The summed E-state index contributed by atoms with van der Waals surface area (Å²) in [5, 5.41) is 6.79. The molecule has 1 saturated heterocycles. The van der Waals surface area contributed by atoms with Crippen molar-refractivity contribution in [1.29, 1.82) is 0 Å². The Morgan fingerprint density at radius 1 is 1.24 bits per heavy atom. The zero-order valence-corrected chi connectivity index (χ0v) is 17.5. The van der Waals surface area contributed by atoms with Gasteiger partial charge in [-0.25, -0.2) is 19.6 Å². The number of nitrogens with zero attached hydrogens (tertiary/aromatic N) is 5. The molecule has 9 nitrogen and oxygen atoms in total. The zero-order valence-electron chi connectivity index (χ0n) is 17.5. The quantitative estimate of drug-likeness (QED) is 0.563. The Balaban J connectivity index is 1.54. The molecule has 156 valence electrons. The fourth-order valence-corrected chi connectivity index (χ4v) is 3.94. The second-order valence-corrected chi connectivity index (χ2v) is 7.91. The molecule has 9 heteroatoms. The number of hydrogen-bond donors (Lipinski definition) is 4. The number of nitrogens with two attached hydrogens (primary N) is 1. The molecule has 0 amide bonds. The van der Waals surface area contributed by atoms with Crippen molar-refractivity contribution in [2.45, 2.75) is 39.4 Å². The van der Waals surface area contributed by atoms with Gasteiger partial charge in [-0.1, -0.05) is 13.0 Å². The molecule has 4 rings (SSSR count). The highest BCUT2D eigenvalue weighted by Crippen LogP contribution is 2.22. The summed E-state index contributed by atoms with van der Waals surface area (Å²) in [6.07, 6.45) is 5.56. The average molecular weight is 398 g/mol. The highest BCUT2D eigenvalue weighted by molar-refractivity contribution is 5.95. The summed E-state index contributed by atoms with van der Waals surface area (Å²) in [5.74, 6) is 1.52. The van der Waals surface area contributed by atoms with Crippen LogP contribution in [-0.2, 0) is 6.42 Å². The van der Waals surface area contributed by atoms with Crippen LogP contribution in [0.1, 0.15) is 42.9 Å². The molecule has 2 aliphatic heterocycles. The van der Waals surface area contributed by atoms with Gasteiger partial charge in [0.05, 0.1) is 11.9 Å². The van der Waals surface area contributed by atoms with E-state index in [1.807, 2.05) is 24.0 Å². The van der Waals surface area contributed by atoms with Gasteiger partial charge in [0.15, 0.2) is 17.4 Å². The number of rotatable bonds is 6. The third kappa shape index (κ3) is 4.06. The van der Waals surface area contributed by atoms with Gasteiger partial charge in [-0.2, -0.15) is 0 Å². The number of imidazole rings is 1. The Morgan fingerprint density at radius 3 is 2.76 bits per heavy atom. The van der Waals surface area contributed by atoms with Gasteiger partial charge in [-0.15, -0.1) is 0 Å². The first-order chi connectivity index (χ1) is 14.0. The molecule has 0 aromatic carbocycles. The molecule has 29 heavy (non-hydrogen) atoms. The highest BCUT2D eigenvalue weighted by Gasteiger charge is 2.31. The van der Waals surface area contributed by atoms with E-state index in [-0.39, 0.29) is 0 Å². The van der Waals surface area contributed by atoms with Crippen LogP contribution >= 0.6 is 0 Å². The lowest BCUT2D eigenvalue weighted by atomic mass is 10.1. The van der Waals surface area contributed by atoms with Gasteiger partial charge in [0.1, 0.15) is 5.82 Å². The molecule has 2 aromatic rings. The number of aromatic nitrogens is 3. The standard InChI is InChI=1S/C20H31N9/c1-4-5-25-20(3)26-17(21)19-24-13-16(29(19)27-20)11-15-10-14(2)18(23-12-15)28-8-6-22-7-9-28/h10,12-13,22,25,27H,4-9,11H2,1-3H3,(H2,21,26). The molecular formula is C20H31N9. The van der Waals surface area contributed by atoms with E-state index in [1.165, 1.54) is 5.56 Å². The number of piperazine rings is 1. The van der Waals surface area contributed by atoms with Crippen molar-refractivity contribution in [3.63, 3.8) is 0 Å². The lowest BCUT2D eigenvalue weighted by Crippen LogP contribution is -2.56. The summed E-state index contributed by atoms with van der Waals surface area (Å²) in [6.45, 7) is 11.1. The Bertz CT molecular complexity index is 897. The van der Waals surface area contributed by atoms with E-state index in [1.54, 1.807) is 0 Å². The minimum absolute atomic E-state index is 0.435. The number of nitrogens with one attached hydrogen (secondary N) is 3. The fourth-order valence-electron chi connectivity index (χ4n) is 3.94. The van der Waals surface area contributed by atoms with Gasteiger partial charge < -0.3 is 16.0 Å². The second kappa shape index (κ2) is 8.00. The lowest BCUT2D eigenvalue weighted by Gasteiger charge is -2.34. The van der Waals surface area contributed by atoms with Crippen molar-refractivity contribution in [2.24, 2.45) is 10.7 Å². The van der Waals surface area contributed by atoms with E-state index < -0.39 is 5.79 Å². The van der Waals surface area contributed by atoms with E-state index in [2.05, 4.69) is 50.8 Å². The number of pyridine rings is 1. The Labute approximate surface area is 171 Å². The van der Waals surface area contributed by atoms with Gasteiger partial charge in [0.25, 0.3) is 0 Å². The smallest absolute Gasteiger partial charge is 0.197 e. The Hall–Kier alpha value is -2.65. The van der Waals surface area contributed by atoms with Crippen molar-refractivity contribution in [3.8, 4) is 0 Å². The molecule has 1 unspecified atom stereocenters. The number of fused-ring (bicyclic) bond motifs is 1. The maximum Gasteiger partial charge on any atom is 0.197 e. The Kier molecular flexibility index (Phi) is 5.42. The van der Waals surface area contributed by atoms with Crippen molar-refractivity contribution in [1.82, 2.24) is 25.3 Å². The molecule has 1 fully saturated rings. The first kappa shape index (κ1) is 19.7. The number of aliphatic imine (C=N–C) groups is 1. The maximum atomic E-state index is 6.19. The van der Waals surface area contributed by atoms with Crippen molar-refractivity contribution in [2.75, 3.05) is 43.0 Å². The van der Waals surface area contributed by atoms with Crippen LogP contribution in [0.15, 0.2) is 23.5 Å². The average Bonchev–Trinajstić information content (AvgIpc) is 3.10. The van der Waals surface area contributed by atoms with Crippen molar-refractivity contribution >= 4 is 11.7 Å². The van der Waals surface area contributed by atoms with Crippen LogP contribution in [0.5, 0.6) is 0 Å². The molecule has 0 radical (unpaired) electrons. The van der Waals surface area contributed by atoms with Gasteiger partial charge in [0, 0.05) is 38.8 Å². The Morgan fingerprint density at radius 2 is 2.03 bits per heavy atom. The first-order valence-electron chi connectivity index (χ1n) is 10.4. The van der Waals surface area contributed by atoms with Crippen LogP contribution in [0, 0.1) is 6.92 Å². The largest absolute Gasteiger partial charge is 0.381 e. The number of hydrogen-bond acceptors (Lipinski definition) is 8. The lowest BCUT2D eigenvalue weighted by molar-refractivity contribution is 0.373. The highest BCUT2D eigenvalue weighted by atomic mass is 15.6. The maximum absolute atomic E-state index is 6.19. The minimum atomic E-state index is -0.650. The number of anilines is 1. The summed E-state index contributed by atoms with van der Waals surface area (Å²) < 4.78 is 1.95. The summed E-state index contributed by atoms with van der Waals surface area (Å²) in [4.78, 5) is 16.1.